The Kier molecular flexibility index (Phi) is 3.65. The minimum Gasteiger partial charge on any atom is -0.508 e. The summed E-state index contributed by atoms with van der Waals surface area (Å²) < 4.78 is 0. The number of pyridine rings is 1. The van der Waals surface area contributed by atoms with Crippen molar-refractivity contribution in [3.05, 3.63) is 65.7 Å². The van der Waals surface area contributed by atoms with E-state index < -0.39 is 0 Å². The molecule has 0 amide bonds. The lowest BCUT2D eigenvalue weighted by atomic mass is 9.87. The summed E-state index contributed by atoms with van der Waals surface area (Å²) >= 11 is 0. The SMILES string of the molecule is C=C/C=C(O)\C=C\c1nc2ccc3[nH]ncc3c2c2c1CCCC2. The smallest absolute Gasteiger partial charge is 0.115 e. The van der Waals surface area contributed by atoms with Crippen molar-refractivity contribution in [1.82, 2.24) is 15.2 Å². The summed E-state index contributed by atoms with van der Waals surface area (Å²) in [6, 6.07) is 4.07. The van der Waals surface area contributed by atoms with E-state index >= 15 is 0 Å². The van der Waals surface area contributed by atoms with E-state index in [0.29, 0.717) is 0 Å². The topological polar surface area (TPSA) is 61.8 Å². The van der Waals surface area contributed by atoms with Gasteiger partial charge >= 0.3 is 0 Å². The predicted octanol–water partition coefficient (Wildman–Crippen LogP) is 4.63. The maximum absolute atomic E-state index is 9.80. The number of nitrogens with zero attached hydrogens (tertiary/aromatic N) is 2. The van der Waals surface area contributed by atoms with Gasteiger partial charge in [-0.1, -0.05) is 12.7 Å². The molecule has 1 aliphatic carbocycles. The summed E-state index contributed by atoms with van der Waals surface area (Å²) in [4.78, 5) is 4.86. The van der Waals surface area contributed by atoms with E-state index in [-0.39, 0.29) is 5.76 Å². The zero-order valence-electron chi connectivity index (χ0n) is 13.4. The minimum absolute atomic E-state index is 0.182. The van der Waals surface area contributed by atoms with Gasteiger partial charge in [-0.2, -0.15) is 5.10 Å². The van der Waals surface area contributed by atoms with Crippen LogP contribution in [0.5, 0.6) is 0 Å². The quantitative estimate of drug-likeness (QED) is 0.547. The van der Waals surface area contributed by atoms with Gasteiger partial charge in [-0.05, 0) is 67.2 Å². The second-order valence-electron chi connectivity index (χ2n) is 6.11. The first-order valence-corrected chi connectivity index (χ1v) is 8.25. The van der Waals surface area contributed by atoms with E-state index in [2.05, 4.69) is 16.8 Å². The molecule has 0 aliphatic heterocycles. The molecule has 0 bridgehead atoms. The molecule has 2 N–H and O–H groups in total. The number of rotatable bonds is 3. The number of benzene rings is 1. The Morgan fingerprint density at radius 3 is 2.88 bits per heavy atom. The highest BCUT2D eigenvalue weighted by atomic mass is 16.3. The Morgan fingerprint density at radius 1 is 1.21 bits per heavy atom. The van der Waals surface area contributed by atoms with Crippen LogP contribution in [0.4, 0.5) is 0 Å². The van der Waals surface area contributed by atoms with Crippen LogP contribution in [-0.2, 0) is 12.8 Å². The highest BCUT2D eigenvalue weighted by Crippen LogP contribution is 2.34. The molecule has 120 valence electrons. The normalized spacial score (nSPS) is 15.2. The van der Waals surface area contributed by atoms with Crippen LogP contribution in [0, 0.1) is 0 Å². The molecular formula is C20H19N3O. The van der Waals surface area contributed by atoms with Gasteiger partial charge in [-0.15, -0.1) is 0 Å². The lowest BCUT2D eigenvalue weighted by Gasteiger charge is -2.20. The van der Waals surface area contributed by atoms with E-state index in [1.165, 1.54) is 29.4 Å². The van der Waals surface area contributed by atoms with Gasteiger partial charge in [0.15, 0.2) is 0 Å². The van der Waals surface area contributed by atoms with Gasteiger partial charge in [0.1, 0.15) is 5.76 Å². The molecule has 0 saturated heterocycles. The van der Waals surface area contributed by atoms with Crippen LogP contribution in [-0.4, -0.2) is 20.3 Å². The van der Waals surface area contributed by atoms with Crippen LogP contribution < -0.4 is 0 Å². The summed E-state index contributed by atoms with van der Waals surface area (Å²) in [5, 5.41) is 19.4. The molecule has 1 aliphatic rings. The molecule has 0 unspecified atom stereocenters. The van der Waals surface area contributed by atoms with Crippen molar-refractivity contribution in [2.75, 3.05) is 0 Å². The van der Waals surface area contributed by atoms with Crippen LogP contribution in [0.3, 0.4) is 0 Å². The number of fused-ring (bicyclic) bond motifs is 5. The van der Waals surface area contributed by atoms with Crippen molar-refractivity contribution in [3.8, 4) is 0 Å². The number of H-pyrrole nitrogens is 1. The highest BCUT2D eigenvalue weighted by Gasteiger charge is 2.19. The largest absolute Gasteiger partial charge is 0.508 e. The fourth-order valence-electron chi connectivity index (χ4n) is 3.56. The summed E-state index contributed by atoms with van der Waals surface area (Å²) in [7, 11) is 0. The van der Waals surface area contributed by atoms with Crippen LogP contribution >= 0.6 is 0 Å². The fourth-order valence-corrected chi connectivity index (χ4v) is 3.56. The van der Waals surface area contributed by atoms with E-state index in [4.69, 9.17) is 4.98 Å². The molecule has 1 aromatic carbocycles. The number of aromatic amines is 1. The standard InChI is InChI=1S/C20H19N3O/c1-2-5-13(24)8-9-17-14-6-3-4-7-15(14)20-16-12-21-23-18(16)10-11-19(20)22-17/h2,5,8-12,24H,1,3-4,6-7H2,(H,21,23)/b9-8+,13-5+. The Labute approximate surface area is 140 Å². The number of aliphatic hydroxyl groups is 1. The number of aryl methyl sites for hydroxylation is 1. The molecule has 3 aromatic rings. The molecule has 4 rings (SSSR count). The zero-order valence-corrected chi connectivity index (χ0v) is 13.4. The van der Waals surface area contributed by atoms with Gasteiger partial charge in [0.05, 0.1) is 22.9 Å². The van der Waals surface area contributed by atoms with Crippen molar-refractivity contribution in [2.24, 2.45) is 0 Å². The number of hydrogen-bond donors (Lipinski definition) is 2. The van der Waals surface area contributed by atoms with Gasteiger partial charge < -0.3 is 5.11 Å². The summed E-state index contributed by atoms with van der Waals surface area (Å²) in [6.45, 7) is 3.60. The van der Waals surface area contributed by atoms with E-state index in [9.17, 15) is 5.11 Å². The second kappa shape index (κ2) is 5.96. The van der Waals surface area contributed by atoms with E-state index in [1.807, 2.05) is 24.4 Å². The molecule has 0 atom stereocenters. The monoisotopic (exact) mass is 317 g/mol. The number of nitrogens with one attached hydrogen (secondary N) is 1. The van der Waals surface area contributed by atoms with Gasteiger partial charge in [-0.25, -0.2) is 4.98 Å². The first-order chi connectivity index (χ1) is 11.8. The molecular weight excluding hydrogens is 298 g/mol. The lowest BCUT2D eigenvalue weighted by molar-refractivity contribution is 0.433. The van der Waals surface area contributed by atoms with Crippen molar-refractivity contribution < 1.29 is 5.11 Å². The molecule has 0 fully saturated rings. The number of aliphatic hydroxyl groups excluding tert-OH is 1. The molecule has 4 nitrogen and oxygen atoms in total. The third kappa shape index (κ3) is 2.40. The average Bonchev–Trinajstić information content (AvgIpc) is 3.08. The van der Waals surface area contributed by atoms with Gasteiger partial charge in [0.2, 0.25) is 0 Å². The van der Waals surface area contributed by atoms with Gasteiger partial charge in [-0.3, -0.25) is 5.10 Å². The number of aromatic nitrogens is 3. The first-order valence-electron chi connectivity index (χ1n) is 8.25. The minimum atomic E-state index is 0.182. The van der Waals surface area contributed by atoms with Gasteiger partial charge in [0, 0.05) is 10.8 Å². The Hall–Kier alpha value is -2.88. The summed E-state index contributed by atoms with van der Waals surface area (Å²) in [5.41, 5.74) is 5.66. The molecule has 24 heavy (non-hydrogen) atoms. The first kappa shape index (κ1) is 14.7. The fraction of sp³-hybridized carbons (Fsp3) is 0.200. The molecule has 4 heteroatoms. The van der Waals surface area contributed by atoms with Gasteiger partial charge in [0.25, 0.3) is 0 Å². The Bertz CT molecular complexity index is 995. The van der Waals surface area contributed by atoms with Crippen molar-refractivity contribution in [3.63, 3.8) is 0 Å². The maximum atomic E-state index is 9.80. The van der Waals surface area contributed by atoms with E-state index in [1.54, 1.807) is 18.2 Å². The van der Waals surface area contributed by atoms with Crippen LogP contribution in [0.25, 0.3) is 27.9 Å². The number of allylic oxidation sites excluding steroid dienone is 3. The van der Waals surface area contributed by atoms with Crippen LogP contribution in [0.1, 0.15) is 29.7 Å². The average molecular weight is 317 g/mol. The lowest BCUT2D eigenvalue weighted by Crippen LogP contribution is -2.08. The molecule has 2 heterocycles. The third-order valence-electron chi connectivity index (χ3n) is 4.62. The van der Waals surface area contributed by atoms with Crippen molar-refractivity contribution in [1.29, 1.82) is 0 Å². The Morgan fingerprint density at radius 2 is 2.04 bits per heavy atom. The van der Waals surface area contributed by atoms with Crippen molar-refractivity contribution >= 4 is 27.9 Å². The third-order valence-corrected chi connectivity index (χ3v) is 4.62. The predicted molar refractivity (Wildman–Crippen MR) is 98.0 cm³/mol. The Balaban J connectivity index is 1.97. The van der Waals surface area contributed by atoms with Crippen molar-refractivity contribution in [2.45, 2.75) is 25.7 Å². The maximum Gasteiger partial charge on any atom is 0.115 e. The van der Waals surface area contributed by atoms with Crippen LogP contribution in [0.15, 0.2) is 48.9 Å². The molecule has 0 radical (unpaired) electrons. The second-order valence-corrected chi connectivity index (χ2v) is 6.11. The number of hydrogen-bond acceptors (Lipinski definition) is 3. The van der Waals surface area contributed by atoms with E-state index in [0.717, 1.165) is 35.0 Å². The zero-order chi connectivity index (χ0) is 16.5. The highest BCUT2D eigenvalue weighted by molar-refractivity contribution is 6.07. The summed E-state index contributed by atoms with van der Waals surface area (Å²) in [5.74, 6) is 0.182. The molecule has 0 saturated carbocycles. The molecule has 2 aromatic heterocycles. The van der Waals surface area contributed by atoms with Crippen LogP contribution in [0.2, 0.25) is 0 Å². The molecule has 0 spiro atoms. The summed E-state index contributed by atoms with van der Waals surface area (Å²) in [6.07, 6.45) is 13.1.